The number of carbonyl (C=O) groups is 1. The Labute approximate surface area is 226 Å². The third-order valence-corrected chi connectivity index (χ3v) is 7.39. The molecule has 210 valence electrons. The van der Waals surface area contributed by atoms with Crippen LogP contribution in [0.3, 0.4) is 0 Å². The SMILES string of the molecule is COc1ncc(-c2cc(C(F)(F)F)c3c(N)ncnn23)cc1C(=O)N1CCCC(C(C)(O)c2ccc(F)cc2)C1. The van der Waals surface area contributed by atoms with Crippen LogP contribution in [0.15, 0.2) is 48.9 Å². The van der Waals surface area contributed by atoms with Crippen LogP contribution in [0.4, 0.5) is 23.4 Å². The first-order chi connectivity index (χ1) is 18.9. The van der Waals surface area contributed by atoms with Crippen LogP contribution in [0.2, 0.25) is 0 Å². The third-order valence-electron chi connectivity index (χ3n) is 7.39. The number of benzene rings is 1. The topological polar surface area (TPSA) is 119 Å². The molecule has 0 bridgehead atoms. The minimum absolute atomic E-state index is 0.00721. The van der Waals surface area contributed by atoms with Crippen LogP contribution in [0.5, 0.6) is 5.88 Å². The number of amides is 1. The number of piperidine rings is 1. The lowest BCUT2D eigenvalue weighted by Gasteiger charge is -2.40. The number of aliphatic hydroxyl groups is 1. The lowest BCUT2D eigenvalue weighted by molar-refractivity contribution is -0.136. The molecule has 3 aromatic heterocycles. The average molecular weight is 559 g/mol. The van der Waals surface area contributed by atoms with E-state index < -0.39 is 34.6 Å². The number of aromatic nitrogens is 4. The predicted molar refractivity (Wildman–Crippen MR) is 137 cm³/mol. The molecule has 1 aliphatic heterocycles. The van der Waals surface area contributed by atoms with Crippen molar-refractivity contribution in [1.29, 1.82) is 0 Å². The van der Waals surface area contributed by atoms with Gasteiger partial charge < -0.3 is 20.5 Å². The molecule has 2 atom stereocenters. The molecular formula is C27H26F4N6O3. The Balaban J connectivity index is 1.51. The van der Waals surface area contributed by atoms with E-state index >= 15 is 0 Å². The predicted octanol–water partition coefficient (Wildman–Crippen LogP) is 4.30. The number of rotatable bonds is 5. The minimum Gasteiger partial charge on any atom is -0.480 e. The first kappa shape index (κ1) is 27.3. The highest BCUT2D eigenvalue weighted by Gasteiger charge is 2.39. The van der Waals surface area contributed by atoms with E-state index in [0.29, 0.717) is 24.9 Å². The van der Waals surface area contributed by atoms with Gasteiger partial charge in [-0.2, -0.15) is 18.3 Å². The molecule has 2 unspecified atom stereocenters. The number of hydrogen-bond donors (Lipinski definition) is 2. The van der Waals surface area contributed by atoms with Crippen molar-refractivity contribution in [2.75, 3.05) is 25.9 Å². The summed E-state index contributed by atoms with van der Waals surface area (Å²) in [6.45, 7) is 2.20. The normalized spacial score (nSPS) is 17.6. The molecule has 3 N–H and O–H groups in total. The van der Waals surface area contributed by atoms with Gasteiger partial charge in [-0.25, -0.2) is 18.9 Å². The first-order valence-corrected chi connectivity index (χ1v) is 12.4. The van der Waals surface area contributed by atoms with Gasteiger partial charge in [-0.15, -0.1) is 0 Å². The van der Waals surface area contributed by atoms with Gasteiger partial charge in [-0.1, -0.05) is 12.1 Å². The van der Waals surface area contributed by atoms with Crippen molar-refractivity contribution >= 4 is 17.2 Å². The monoisotopic (exact) mass is 558 g/mol. The van der Waals surface area contributed by atoms with E-state index in [2.05, 4.69) is 15.1 Å². The fraction of sp³-hybridized carbons (Fsp3) is 0.333. The molecular weight excluding hydrogens is 532 g/mol. The van der Waals surface area contributed by atoms with Crippen LogP contribution in [-0.2, 0) is 11.8 Å². The molecule has 0 spiro atoms. The Bertz CT molecular complexity index is 1570. The summed E-state index contributed by atoms with van der Waals surface area (Å²) in [6, 6.07) is 7.85. The molecule has 40 heavy (non-hydrogen) atoms. The zero-order chi connectivity index (χ0) is 28.8. The number of hydrogen-bond acceptors (Lipinski definition) is 7. The quantitative estimate of drug-likeness (QED) is 0.351. The molecule has 1 aromatic carbocycles. The molecule has 5 rings (SSSR count). The summed E-state index contributed by atoms with van der Waals surface area (Å²) >= 11 is 0. The number of anilines is 1. The highest BCUT2D eigenvalue weighted by Crippen LogP contribution is 2.40. The van der Waals surface area contributed by atoms with Gasteiger partial charge in [0.25, 0.3) is 5.91 Å². The number of ether oxygens (including phenoxy) is 1. The van der Waals surface area contributed by atoms with Crippen LogP contribution in [0.25, 0.3) is 16.8 Å². The first-order valence-electron chi connectivity index (χ1n) is 12.4. The molecule has 0 radical (unpaired) electrons. The van der Waals surface area contributed by atoms with Gasteiger partial charge >= 0.3 is 6.18 Å². The number of fused-ring (bicyclic) bond motifs is 1. The van der Waals surface area contributed by atoms with Crippen LogP contribution in [0.1, 0.15) is 41.3 Å². The number of carbonyl (C=O) groups excluding carboxylic acids is 1. The van der Waals surface area contributed by atoms with Gasteiger partial charge in [-0.05, 0) is 49.6 Å². The van der Waals surface area contributed by atoms with Crippen LogP contribution < -0.4 is 10.5 Å². The van der Waals surface area contributed by atoms with E-state index in [4.69, 9.17) is 10.5 Å². The second kappa shape index (κ2) is 10.0. The van der Waals surface area contributed by atoms with Gasteiger partial charge in [0.2, 0.25) is 5.88 Å². The summed E-state index contributed by atoms with van der Waals surface area (Å²) in [5.41, 5.74) is 3.74. The number of methoxy groups -OCH3 is 1. The molecule has 9 nitrogen and oxygen atoms in total. The highest BCUT2D eigenvalue weighted by molar-refractivity contribution is 5.97. The van der Waals surface area contributed by atoms with Crippen LogP contribution in [0, 0.1) is 11.7 Å². The Kier molecular flexibility index (Phi) is 6.86. The maximum Gasteiger partial charge on any atom is 0.418 e. The average Bonchev–Trinajstić information content (AvgIpc) is 3.34. The molecule has 1 amide bonds. The second-order valence-electron chi connectivity index (χ2n) is 9.87. The number of alkyl halides is 3. The van der Waals surface area contributed by atoms with Gasteiger partial charge in [0, 0.05) is 30.8 Å². The molecule has 13 heteroatoms. The van der Waals surface area contributed by atoms with Crippen LogP contribution in [-0.4, -0.2) is 55.7 Å². The van der Waals surface area contributed by atoms with Crippen molar-refractivity contribution in [3.05, 3.63) is 71.4 Å². The number of halogens is 4. The minimum atomic E-state index is -4.73. The van der Waals surface area contributed by atoms with E-state index in [1.165, 1.54) is 43.6 Å². The Hall–Kier alpha value is -4.26. The van der Waals surface area contributed by atoms with E-state index in [-0.39, 0.29) is 41.0 Å². The Morgan fingerprint density at radius 3 is 2.58 bits per heavy atom. The number of nitrogen functional groups attached to an aromatic ring is 1. The van der Waals surface area contributed by atoms with Crippen molar-refractivity contribution in [2.24, 2.45) is 5.92 Å². The zero-order valence-corrected chi connectivity index (χ0v) is 21.6. The van der Waals surface area contributed by atoms with Crippen molar-refractivity contribution in [3.8, 4) is 17.1 Å². The standard InChI is InChI=1S/C27H26F4N6O3/c1-26(39,16-5-7-18(28)8-6-16)17-4-3-9-36(13-17)25(38)19-10-15(12-33-24(19)40-2)21-11-20(27(29,30)31)22-23(32)34-14-35-37(21)22/h5-8,10-12,14,17,39H,3-4,9,13H2,1-2H3,(H2,32,34,35). The molecule has 1 saturated heterocycles. The van der Waals surface area contributed by atoms with Crippen molar-refractivity contribution in [3.63, 3.8) is 0 Å². The molecule has 0 aliphatic carbocycles. The summed E-state index contributed by atoms with van der Waals surface area (Å²) in [5.74, 6) is -1.60. The Morgan fingerprint density at radius 2 is 1.90 bits per heavy atom. The summed E-state index contributed by atoms with van der Waals surface area (Å²) < 4.78 is 61.2. The molecule has 4 heterocycles. The van der Waals surface area contributed by atoms with Crippen molar-refractivity contribution in [1.82, 2.24) is 24.5 Å². The molecule has 1 fully saturated rings. The molecule has 0 saturated carbocycles. The lowest BCUT2D eigenvalue weighted by atomic mass is 9.78. The molecule has 1 aliphatic rings. The Morgan fingerprint density at radius 1 is 1.18 bits per heavy atom. The summed E-state index contributed by atoms with van der Waals surface area (Å²) in [7, 11) is 1.33. The number of nitrogens with zero attached hydrogens (tertiary/aromatic N) is 5. The number of likely N-dealkylation sites (tertiary alicyclic amines) is 1. The fourth-order valence-corrected chi connectivity index (χ4v) is 5.21. The van der Waals surface area contributed by atoms with Crippen molar-refractivity contribution < 1.29 is 32.2 Å². The van der Waals surface area contributed by atoms with E-state index in [1.54, 1.807) is 11.8 Å². The van der Waals surface area contributed by atoms with Crippen molar-refractivity contribution in [2.45, 2.75) is 31.5 Å². The maximum absolute atomic E-state index is 13.8. The number of pyridine rings is 1. The maximum atomic E-state index is 13.8. The largest absolute Gasteiger partial charge is 0.480 e. The summed E-state index contributed by atoms with van der Waals surface area (Å²) in [6.07, 6.45) is -1.19. The van der Waals surface area contributed by atoms with E-state index in [1.807, 2.05) is 0 Å². The third kappa shape index (κ3) is 4.81. The fourth-order valence-electron chi connectivity index (χ4n) is 5.21. The smallest absolute Gasteiger partial charge is 0.418 e. The van der Waals surface area contributed by atoms with E-state index in [0.717, 1.165) is 16.9 Å². The lowest BCUT2D eigenvalue weighted by Crippen LogP contribution is -2.47. The molecule has 4 aromatic rings. The van der Waals surface area contributed by atoms with Gasteiger partial charge in [0.15, 0.2) is 5.82 Å². The summed E-state index contributed by atoms with van der Waals surface area (Å²) in [5, 5.41) is 15.3. The van der Waals surface area contributed by atoms with Crippen LogP contribution >= 0.6 is 0 Å². The van der Waals surface area contributed by atoms with Gasteiger partial charge in [0.05, 0.1) is 24.0 Å². The summed E-state index contributed by atoms with van der Waals surface area (Å²) in [4.78, 5) is 23.2. The zero-order valence-electron chi connectivity index (χ0n) is 21.6. The van der Waals surface area contributed by atoms with Gasteiger partial charge in [-0.3, -0.25) is 4.79 Å². The van der Waals surface area contributed by atoms with E-state index in [9.17, 15) is 27.5 Å². The van der Waals surface area contributed by atoms with Gasteiger partial charge in [0.1, 0.15) is 23.2 Å². The highest BCUT2D eigenvalue weighted by atomic mass is 19.4. The number of nitrogens with two attached hydrogens (primary N) is 1. The second-order valence-corrected chi connectivity index (χ2v) is 9.87.